The molecule has 5 atom stereocenters. The van der Waals surface area contributed by atoms with Gasteiger partial charge in [0.25, 0.3) is 0 Å². The van der Waals surface area contributed by atoms with Crippen molar-refractivity contribution in [2.75, 3.05) is 19.6 Å². The highest BCUT2D eigenvalue weighted by Gasteiger charge is 2.28. The number of hydrogen-bond acceptors (Lipinski definition) is 4. The maximum atomic E-state index is 3.96. The quantitative estimate of drug-likeness (QED) is 0.419. The Balaban J connectivity index is 1.21. The van der Waals surface area contributed by atoms with Gasteiger partial charge in [-0.2, -0.15) is 0 Å². The van der Waals surface area contributed by atoms with Gasteiger partial charge < -0.3 is 16.0 Å². The first kappa shape index (κ1) is 26.8. The minimum Gasteiger partial charge on any atom is -0.383 e. The van der Waals surface area contributed by atoms with Gasteiger partial charge in [-0.3, -0.25) is 4.90 Å². The van der Waals surface area contributed by atoms with Gasteiger partial charge in [0, 0.05) is 43.5 Å². The van der Waals surface area contributed by atoms with Crippen LogP contribution in [-0.4, -0.2) is 48.7 Å². The van der Waals surface area contributed by atoms with Gasteiger partial charge in [0.15, 0.2) is 0 Å². The molecule has 1 aromatic rings. The van der Waals surface area contributed by atoms with Crippen molar-refractivity contribution in [1.29, 1.82) is 0 Å². The molecule has 3 heterocycles. The molecule has 5 unspecified atom stereocenters. The molecule has 202 valence electrons. The van der Waals surface area contributed by atoms with Crippen LogP contribution in [0, 0.1) is 5.92 Å². The van der Waals surface area contributed by atoms with Gasteiger partial charge >= 0.3 is 0 Å². The molecule has 1 aliphatic carbocycles. The second-order valence-corrected chi connectivity index (χ2v) is 11.5. The van der Waals surface area contributed by atoms with Gasteiger partial charge in [0.05, 0.1) is 6.04 Å². The minimum absolute atomic E-state index is 0.407. The molecule has 3 aliphatic heterocycles. The fraction of sp³-hybridized carbons (Fsp3) is 0.471. The number of rotatable bonds is 5. The maximum Gasteiger partial charge on any atom is 0.0595 e. The summed E-state index contributed by atoms with van der Waals surface area (Å²) in [5.74, 6) is 0.533. The third-order valence-electron chi connectivity index (χ3n) is 8.89. The summed E-state index contributed by atoms with van der Waals surface area (Å²) in [6.45, 7) is 7.75. The number of nitrogens with one attached hydrogen (secondary N) is 3. The summed E-state index contributed by atoms with van der Waals surface area (Å²) in [5, 5.41) is 11.3. The second kappa shape index (κ2) is 13.3. The largest absolute Gasteiger partial charge is 0.383 e. The van der Waals surface area contributed by atoms with Crippen LogP contribution in [0.4, 0.5) is 0 Å². The molecule has 4 heteroatoms. The van der Waals surface area contributed by atoms with E-state index in [1.54, 1.807) is 0 Å². The zero-order valence-electron chi connectivity index (χ0n) is 23.3. The smallest absolute Gasteiger partial charge is 0.0595 e. The second-order valence-electron chi connectivity index (χ2n) is 11.5. The molecule has 1 aromatic carbocycles. The predicted molar refractivity (Wildman–Crippen MR) is 162 cm³/mol. The van der Waals surface area contributed by atoms with E-state index in [0.717, 1.165) is 38.9 Å². The lowest BCUT2D eigenvalue weighted by Gasteiger charge is -2.39. The van der Waals surface area contributed by atoms with Gasteiger partial charge in [-0.05, 0) is 86.4 Å². The van der Waals surface area contributed by atoms with Crippen LogP contribution in [0.25, 0.3) is 5.57 Å². The van der Waals surface area contributed by atoms with E-state index in [0.29, 0.717) is 30.1 Å². The van der Waals surface area contributed by atoms with E-state index in [9.17, 15) is 0 Å². The highest BCUT2D eigenvalue weighted by molar-refractivity contribution is 5.66. The van der Waals surface area contributed by atoms with Crippen LogP contribution in [0.15, 0.2) is 96.4 Å². The Bertz CT molecular complexity index is 1080. The molecule has 4 aliphatic rings. The molecule has 0 spiro atoms. The highest BCUT2D eigenvalue weighted by atomic mass is 15.2. The molecule has 0 bridgehead atoms. The average Bonchev–Trinajstić information content (AvgIpc) is 3.01. The van der Waals surface area contributed by atoms with E-state index in [4.69, 9.17) is 0 Å². The van der Waals surface area contributed by atoms with Crippen LogP contribution in [0.5, 0.6) is 0 Å². The number of benzene rings is 1. The summed E-state index contributed by atoms with van der Waals surface area (Å²) >= 11 is 0. The van der Waals surface area contributed by atoms with E-state index < -0.39 is 0 Å². The molecule has 1 saturated heterocycles. The van der Waals surface area contributed by atoms with Crippen molar-refractivity contribution in [3.05, 3.63) is 102 Å². The molecule has 38 heavy (non-hydrogen) atoms. The fourth-order valence-electron chi connectivity index (χ4n) is 6.22. The van der Waals surface area contributed by atoms with Crippen molar-refractivity contribution in [3.63, 3.8) is 0 Å². The third-order valence-corrected chi connectivity index (χ3v) is 8.89. The topological polar surface area (TPSA) is 39.3 Å². The molecule has 0 amide bonds. The number of piperidine rings is 1. The fourth-order valence-corrected chi connectivity index (χ4v) is 6.22. The van der Waals surface area contributed by atoms with Crippen LogP contribution in [-0.2, 0) is 0 Å². The summed E-state index contributed by atoms with van der Waals surface area (Å²) in [5.41, 5.74) is 5.68. The molecule has 0 saturated carbocycles. The van der Waals surface area contributed by atoms with E-state index in [1.165, 1.54) is 41.7 Å². The standard InChI is InChI=1S/C34H46N4/c1-26-11-7-9-23-38(31-20-21-34(36-25-31)33-14-6-8-22-35-33)24-10-15-32(27(26)2)37-30-18-16-29(17-19-30)28-12-4-3-5-13-28/h3-10,12-16,22,26,30-31,33-37H,11,17-21,23-25H2,1-2H3/b9-7-,15-10-,32-27-. The molecular weight excluding hydrogens is 464 g/mol. The highest BCUT2D eigenvalue weighted by Crippen LogP contribution is 2.28. The molecule has 0 radical (unpaired) electrons. The molecule has 3 N–H and O–H groups in total. The first-order valence-electron chi connectivity index (χ1n) is 14.8. The van der Waals surface area contributed by atoms with Crippen LogP contribution in [0.3, 0.4) is 0 Å². The average molecular weight is 511 g/mol. The van der Waals surface area contributed by atoms with Crippen LogP contribution >= 0.6 is 0 Å². The van der Waals surface area contributed by atoms with Crippen LogP contribution < -0.4 is 16.0 Å². The van der Waals surface area contributed by atoms with Crippen LogP contribution in [0.2, 0.25) is 0 Å². The van der Waals surface area contributed by atoms with E-state index in [1.807, 2.05) is 0 Å². The first-order valence-corrected chi connectivity index (χ1v) is 14.8. The Kier molecular flexibility index (Phi) is 9.37. The summed E-state index contributed by atoms with van der Waals surface area (Å²) < 4.78 is 0. The van der Waals surface area contributed by atoms with Gasteiger partial charge in [-0.25, -0.2) is 0 Å². The Hall–Kier alpha value is -2.82. The number of dihydropyridines is 1. The van der Waals surface area contributed by atoms with E-state index >= 15 is 0 Å². The lowest BCUT2D eigenvalue weighted by Crippen LogP contribution is -2.55. The van der Waals surface area contributed by atoms with Gasteiger partial charge in [0.2, 0.25) is 0 Å². The maximum absolute atomic E-state index is 3.96. The Labute approximate surface area is 230 Å². The number of allylic oxidation sites excluding steroid dienone is 6. The lowest BCUT2D eigenvalue weighted by atomic mass is 9.90. The molecule has 0 aromatic heterocycles. The van der Waals surface area contributed by atoms with Crippen LogP contribution in [0.1, 0.15) is 57.9 Å². The molecule has 4 nitrogen and oxygen atoms in total. The molecule has 5 rings (SSSR count). The van der Waals surface area contributed by atoms with Gasteiger partial charge in [-0.15, -0.1) is 0 Å². The predicted octanol–water partition coefficient (Wildman–Crippen LogP) is 6.10. The Morgan fingerprint density at radius 3 is 2.55 bits per heavy atom. The summed E-state index contributed by atoms with van der Waals surface area (Å²) in [6.07, 6.45) is 27.6. The zero-order chi connectivity index (χ0) is 26.2. The first-order chi connectivity index (χ1) is 18.7. The molecule has 1 fully saturated rings. The monoisotopic (exact) mass is 510 g/mol. The van der Waals surface area contributed by atoms with E-state index in [-0.39, 0.29) is 0 Å². The van der Waals surface area contributed by atoms with Crippen molar-refractivity contribution < 1.29 is 0 Å². The lowest BCUT2D eigenvalue weighted by molar-refractivity contribution is 0.175. The van der Waals surface area contributed by atoms with E-state index in [2.05, 4.69) is 120 Å². The number of nitrogens with zero attached hydrogens (tertiary/aromatic N) is 1. The van der Waals surface area contributed by atoms with Gasteiger partial charge in [-0.1, -0.05) is 73.7 Å². The zero-order valence-corrected chi connectivity index (χ0v) is 23.3. The molecular formula is C34H46N4. The SMILES string of the molecule is C/C1=C(NC2CC=C(c3ccccc3)CC2)\C=C/CN(C2CCC(C3C=CC=CN3)NC2)C/C=C\CC1C. The minimum atomic E-state index is 0.407. The summed E-state index contributed by atoms with van der Waals surface area (Å²) in [4.78, 5) is 2.65. The number of hydrogen-bond donors (Lipinski definition) is 3. The van der Waals surface area contributed by atoms with Crippen molar-refractivity contribution in [2.45, 2.75) is 76.5 Å². The summed E-state index contributed by atoms with van der Waals surface area (Å²) in [7, 11) is 0. The van der Waals surface area contributed by atoms with Crippen molar-refractivity contribution in [1.82, 2.24) is 20.9 Å². The Morgan fingerprint density at radius 2 is 1.82 bits per heavy atom. The summed E-state index contributed by atoms with van der Waals surface area (Å²) in [6, 6.07) is 12.9. The Morgan fingerprint density at radius 1 is 0.947 bits per heavy atom. The third kappa shape index (κ3) is 6.98. The van der Waals surface area contributed by atoms with Crippen molar-refractivity contribution >= 4 is 5.57 Å². The van der Waals surface area contributed by atoms with Gasteiger partial charge in [0.1, 0.15) is 0 Å². The normalized spacial score (nSPS) is 34.5. The van der Waals surface area contributed by atoms with Crippen molar-refractivity contribution in [3.8, 4) is 0 Å². The van der Waals surface area contributed by atoms with Crippen molar-refractivity contribution in [2.24, 2.45) is 5.92 Å².